The normalized spacial score (nSPS) is 18.4. The minimum atomic E-state index is -0.229. The maximum absolute atomic E-state index is 13.1. The predicted octanol–water partition coefficient (Wildman–Crippen LogP) is 8.90. The van der Waals surface area contributed by atoms with Gasteiger partial charge >= 0.3 is 11.9 Å². The van der Waals surface area contributed by atoms with Crippen LogP contribution >= 0.6 is 0 Å². The first kappa shape index (κ1) is 49.8. The third-order valence-electron chi connectivity index (χ3n) is 12.9. The fraction of sp³-hybridized carbons (Fsp3) is 0.393. The zero-order valence-electron chi connectivity index (χ0n) is 39.5. The topological polar surface area (TPSA) is 173 Å². The lowest BCUT2D eigenvalue weighted by Crippen LogP contribution is -2.28. The fourth-order valence-electron chi connectivity index (χ4n) is 9.03. The molecule has 0 saturated heterocycles. The Balaban J connectivity index is 0.844. The summed E-state index contributed by atoms with van der Waals surface area (Å²) in [5.74, 6) is 3.31. The van der Waals surface area contributed by atoms with Crippen molar-refractivity contribution in [2.75, 3.05) is 66.1 Å². The molecule has 0 unspecified atom stereocenters. The van der Waals surface area contributed by atoms with E-state index in [9.17, 15) is 9.59 Å². The van der Waals surface area contributed by atoms with E-state index in [-0.39, 0.29) is 62.0 Å². The molecule has 0 atom stereocenters. The second-order valence-corrected chi connectivity index (χ2v) is 17.7. The molecule has 2 fully saturated rings. The first-order chi connectivity index (χ1) is 34.4. The summed E-state index contributed by atoms with van der Waals surface area (Å²) >= 11 is 0. The third kappa shape index (κ3) is 14.0. The number of benzene rings is 5. The highest BCUT2D eigenvalue weighted by Crippen LogP contribution is 2.38. The molecule has 70 heavy (non-hydrogen) atoms. The lowest BCUT2D eigenvalue weighted by Gasteiger charge is -2.27. The van der Waals surface area contributed by atoms with Crippen LogP contribution in [0.3, 0.4) is 0 Å². The van der Waals surface area contributed by atoms with E-state index in [4.69, 9.17) is 53.2 Å². The van der Waals surface area contributed by atoms with E-state index in [2.05, 4.69) is 29.4 Å². The summed E-state index contributed by atoms with van der Waals surface area (Å²) in [6, 6.07) is 36.2. The molecule has 2 N–H and O–H groups in total. The minimum absolute atomic E-state index is 0.0279. The molecule has 2 saturated carbocycles. The molecule has 5 aromatic carbocycles. The number of hydrogen-bond donors (Lipinski definition) is 2. The summed E-state index contributed by atoms with van der Waals surface area (Å²) in [6.45, 7) is 2.94. The van der Waals surface area contributed by atoms with Crippen LogP contribution in [0.2, 0.25) is 0 Å². The molecule has 3 aliphatic carbocycles. The van der Waals surface area contributed by atoms with Gasteiger partial charge in [0.2, 0.25) is 0 Å². The Labute approximate surface area is 409 Å². The van der Waals surface area contributed by atoms with E-state index in [1.54, 1.807) is 54.7 Å². The van der Waals surface area contributed by atoms with Crippen molar-refractivity contribution in [3.8, 4) is 45.6 Å². The van der Waals surface area contributed by atoms with Crippen molar-refractivity contribution in [1.82, 2.24) is 0 Å². The molecule has 14 heteroatoms. The zero-order valence-corrected chi connectivity index (χ0v) is 39.5. The van der Waals surface area contributed by atoms with Gasteiger partial charge in [-0.25, -0.2) is 0 Å². The van der Waals surface area contributed by atoms with Crippen LogP contribution in [0.25, 0.3) is 11.1 Å². The summed E-state index contributed by atoms with van der Waals surface area (Å²) in [7, 11) is 0. The number of ether oxygens (including phenoxy) is 8. The minimum Gasteiger partial charge on any atom is -0.493 e. The van der Waals surface area contributed by atoms with Crippen molar-refractivity contribution in [2.24, 2.45) is 33.9 Å². The first-order valence-electron chi connectivity index (χ1n) is 24.4. The van der Waals surface area contributed by atoms with Crippen molar-refractivity contribution in [2.45, 2.75) is 51.4 Å². The van der Waals surface area contributed by atoms with Gasteiger partial charge < -0.3 is 48.1 Å². The zero-order chi connectivity index (χ0) is 48.3. The van der Waals surface area contributed by atoms with Gasteiger partial charge in [-0.05, 0) is 141 Å². The van der Waals surface area contributed by atoms with Crippen LogP contribution in [0.4, 0.5) is 0 Å². The summed E-state index contributed by atoms with van der Waals surface area (Å²) in [4.78, 5) is 26.2. The van der Waals surface area contributed by atoms with Gasteiger partial charge in [-0.1, -0.05) is 48.5 Å². The Kier molecular flexibility index (Phi) is 18.4. The van der Waals surface area contributed by atoms with Crippen LogP contribution in [-0.2, 0) is 19.1 Å². The van der Waals surface area contributed by atoms with Crippen LogP contribution in [-0.4, -0.2) is 100 Å². The summed E-state index contributed by atoms with van der Waals surface area (Å²) < 4.78 is 46.1. The predicted molar refractivity (Wildman–Crippen MR) is 264 cm³/mol. The van der Waals surface area contributed by atoms with Gasteiger partial charge in [0.1, 0.15) is 53.4 Å². The number of aliphatic hydroxyl groups excluding tert-OH is 2. The average Bonchev–Trinajstić information content (AvgIpc) is 3.72. The quantitative estimate of drug-likeness (QED) is 0.0194. The lowest BCUT2D eigenvalue weighted by atomic mass is 9.82. The average molecular weight is 955 g/mol. The van der Waals surface area contributed by atoms with Crippen molar-refractivity contribution < 1.29 is 57.7 Å². The van der Waals surface area contributed by atoms with Crippen LogP contribution in [0.1, 0.15) is 68.1 Å². The molecule has 368 valence electrons. The van der Waals surface area contributed by atoms with Crippen molar-refractivity contribution >= 4 is 23.9 Å². The Hall–Kier alpha value is -6.58. The number of aliphatic hydroxyl groups is 2. The monoisotopic (exact) mass is 954 g/mol. The Morgan fingerprint density at radius 3 is 1.41 bits per heavy atom. The molecule has 0 radical (unpaired) electrons. The fourth-order valence-corrected chi connectivity index (χ4v) is 9.03. The van der Waals surface area contributed by atoms with E-state index >= 15 is 0 Å². The molecule has 3 aliphatic rings. The van der Waals surface area contributed by atoms with Gasteiger partial charge in [0.05, 0.1) is 70.9 Å². The van der Waals surface area contributed by atoms with Crippen LogP contribution in [0, 0.1) is 23.7 Å². The number of rotatable bonds is 24. The van der Waals surface area contributed by atoms with E-state index < -0.39 is 0 Å². The molecule has 14 nitrogen and oxygen atoms in total. The maximum Gasteiger partial charge on any atom is 0.314 e. The van der Waals surface area contributed by atoms with Crippen molar-refractivity contribution in [1.29, 1.82) is 0 Å². The highest BCUT2D eigenvalue weighted by Gasteiger charge is 2.30. The number of nitrogens with zero attached hydrogens (tertiary/aromatic N) is 2. The van der Waals surface area contributed by atoms with Crippen LogP contribution in [0.5, 0.6) is 34.5 Å². The van der Waals surface area contributed by atoms with Gasteiger partial charge in [0, 0.05) is 16.7 Å². The van der Waals surface area contributed by atoms with E-state index in [0.29, 0.717) is 87.0 Å². The van der Waals surface area contributed by atoms with Crippen LogP contribution < -0.4 is 28.4 Å². The molecule has 5 aromatic rings. The number of esters is 2. The number of carbonyl (C=O) groups is 2. The Morgan fingerprint density at radius 1 is 0.486 bits per heavy atom. The van der Waals surface area contributed by atoms with E-state index in [0.717, 1.165) is 72.1 Å². The molecule has 0 aromatic heterocycles. The van der Waals surface area contributed by atoms with Gasteiger partial charge in [-0.3, -0.25) is 9.59 Å². The molecule has 0 aliphatic heterocycles. The molecule has 0 heterocycles. The van der Waals surface area contributed by atoms with Gasteiger partial charge in [0.15, 0.2) is 0 Å². The van der Waals surface area contributed by atoms with Gasteiger partial charge in [-0.2, -0.15) is 5.10 Å². The lowest BCUT2D eigenvalue weighted by molar-refractivity contribution is -0.141. The second kappa shape index (κ2) is 25.9. The van der Waals surface area contributed by atoms with Crippen LogP contribution in [0.15, 0.2) is 125 Å². The van der Waals surface area contributed by atoms with Crippen molar-refractivity contribution in [3.63, 3.8) is 0 Å². The van der Waals surface area contributed by atoms with E-state index in [1.807, 2.05) is 42.5 Å². The molecular formula is C56H62N2O12. The maximum atomic E-state index is 13.1. The SMILES string of the molecule is O=C(Oc1ccc(OCCOCCO)cc1)C1CCC(COc2ccc(OCC3CCC(C(=O)Oc4ccc(OCCOCCO)cc4)CC3)c(/C=N/N=C3c4ccccc4-c4ccccc43)c2)CC1. The van der Waals surface area contributed by atoms with Gasteiger partial charge in [-0.15, -0.1) is 5.10 Å². The number of carbonyl (C=O) groups excluding carboxylic acids is 2. The smallest absolute Gasteiger partial charge is 0.314 e. The summed E-state index contributed by atoms with van der Waals surface area (Å²) in [6.07, 6.45) is 7.92. The molecular weight excluding hydrogens is 893 g/mol. The third-order valence-corrected chi connectivity index (χ3v) is 12.9. The largest absolute Gasteiger partial charge is 0.493 e. The highest BCUT2D eigenvalue weighted by atomic mass is 16.5. The van der Waals surface area contributed by atoms with Crippen molar-refractivity contribution in [3.05, 3.63) is 132 Å². The molecule has 0 spiro atoms. The van der Waals surface area contributed by atoms with E-state index in [1.165, 1.54) is 0 Å². The highest BCUT2D eigenvalue weighted by molar-refractivity contribution is 6.24. The summed E-state index contributed by atoms with van der Waals surface area (Å²) in [5, 5.41) is 27.1. The Morgan fingerprint density at radius 2 is 0.929 bits per heavy atom. The number of hydrogen-bond acceptors (Lipinski definition) is 14. The summed E-state index contributed by atoms with van der Waals surface area (Å²) in [5.41, 5.74) is 5.89. The molecule has 0 bridgehead atoms. The molecule has 8 rings (SSSR count). The standard InChI is InChI=1S/C56H62N2O12/c59-27-29-63-31-33-65-44-17-21-46(22-18-44)69-55(61)41-13-9-39(10-14-41)37-67-48-25-26-53(43(35-48)36-57-58-54-51-7-3-1-5-49(51)50-6-2-4-8-52(50)54)68-38-40-11-15-42(16-12-40)56(62)70-47-23-19-45(20-24-47)66-34-32-64-30-28-60/h1-8,17-26,35-36,39-42,59-60H,9-16,27-34,37-38H2/b57-36+. The number of fused-ring (bicyclic) bond motifs is 3. The molecule has 0 amide bonds. The first-order valence-corrected chi connectivity index (χ1v) is 24.4. The Bertz CT molecular complexity index is 2460. The second-order valence-electron chi connectivity index (χ2n) is 17.7. The van der Waals surface area contributed by atoms with Gasteiger partial charge in [0.25, 0.3) is 0 Å².